The summed E-state index contributed by atoms with van der Waals surface area (Å²) in [5.41, 5.74) is 2.55. The van der Waals surface area contributed by atoms with Gasteiger partial charge < -0.3 is 34.8 Å². The third-order valence-corrected chi connectivity index (χ3v) is 18.4. The number of carbonyl (C=O) groups excluding carboxylic acids is 4. The van der Waals surface area contributed by atoms with Crippen LogP contribution in [0.1, 0.15) is 17.5 Å². The zero-order valence-electron chi connectivity index (χ0n) is 25.5. The smallest absolute Gasteiger partial charge is 0.265 e. The molecule has 1 aromatic heterocycles. The Hall–Kier alpha value is -3.02. The first-order chi connectivity index (χ1) is 22.5. The molecular weight excluding hydrogens is 681 g/mol. The van der Waals surface area contributed by atoms with Crippen LogP contribution in [0, 0.1) is 0 Å². The summed E-state index contributed by atoms with van der Waals surface area (Å²) in [5.74, 6) is -1.11. The number of fused-ring (bicyclic) bond motifs is 9. The molecule has 0 aliphatic carbocycles. The van der Waals surface area contributed by atoms with Gasteiger partial charge in [0, 0.05) is 62.3 Å². The molecule has 8 aliphatic heterocycles. The lowest BCUT2D eigenvalue weighted by atomic mass is 9.86. The van der Waals surface area contributed by atoms with Gasteiger partial charge >= 0.3 is 0 Å². The van der Waals surface area contributed by atoms with Crippen molar-refractivity contribution < 1.29 is 29.4 Å². The molecule has 2 aromatic carbocycles. The third-order valence-electron chi connectivity index (χ3n) is 11.1. The second-order valence-electron chi connectivity index (χ2n) is 13.0. The number of aliphatic hydroxyl groups is 2. The van der Waals surface area contributed by atoms with E-state index in [9.17, 15) is 29.4 Å². The Kier molecular flexibility index (Phi) is 5.99. The van der Waals surface area contributed by atoms with Crippen molar-refractivity contribution in [3.05, 3.63) is 65.9 Å². The second kappa shape index (κ2) is 9.36. The summed E-state index contributed by atoms with van der Waals surface area (Å²) in [7, 11) is 9.90. The van der Waals surface area contributed by atoms with Gasteiger partial charge in [0.1, 0.15) is 11.7 Å². The molecule has 9 heterocycles. The fourth-order valence-corrected chi connectivity index (χ4v) is 15.7. The third kappa shape index (κ3) is 3.12. The largest absolute Gasteiger partial charge is 0.392 e. The first-order valence-electron chi connectivity index (χ1n) is 15.1. The molecule has 7 saturated heterocycles. The molecule has 4 amide bonds. The van der Waals surface area contributed by atoms with Gasteiger partial charge in [-0.2, -0.15) is 0 Å². The van der Waals surface area contributed by atoms with Crippen molar-refractivity contribution >= 4 is 83.4 Å². The summed E-state index contributed by atoms with van der Waals surface area (Å²) in [6, 6.07) is 15.8. The predicted octanol–water partition coefficient (Wildman–Crippen LogP) is 1.87. The maximum atomic E-state index is 14.4. The van der Waals surface area contributed by atoms with E-state index in [1.165, 1.54) is 57.9 Å². The summed E-state index contributed by atoms with van der Waals surface area (Å²) in [6.45, 7) is -0.994. The van der Waals surface area contributed by atoms with E-state index in [0.29, 0.717) is 0 Å². The fourth-order valence-electron chi connectivity index (χ4n) is 8.49. The molecule has 4 unspecified atom stereocenters. The van der Waals surface area contributed by atoms with E-state index >= 15 is 0 Å². The number of likely N-dealkylation sites (N-methyl/N-ethyl adjacent to an activating group) is 3. The predicted molar refractivity (Wildman–Crippen MR) is 182 cm³/mol. The summed E-state index contributed by atoms with van der Waals surface area (Å²) in [4.78, 5) is 57.1. The summed E-state index contributed by atoms with van der Waals surface area (Å²) in [6.07, 6.45) is 1.85. The molecule has 4 bridgehead atoms. The Morgan fingerprint density at radius 3 is 2.13 bits per heavy atom. The molecule has 12 nitrogen and oxygen atoms in total. The molecule has 244 valence electrons. The number of amides is 4. The van der Waals surface area contributed by atoms with Crippen molar-refractivity contribution in [3.63, 3.8) is 0 Å². The molecule has 7 fully saturated rings. The van der Waals surface area contributed by atoms with Crippen LogP contribution in [0.3, 0.4) is 0 Å². The van der Waals surface area contributed by atoms with Crippen LogP contribution in [-0.2, 0) is 31.1 Å². The molecule has 3 N–H and O–H groups in total. The molecule has 3 aromatic rings. The summed E-state index contributed by atoms with van der Waals surface area (Å²) >= 11 is 0. The normalized spacial score (nSPS) is 36.8. The van der Waals surface area contributed by atoms with Gasteiger partial charge in [-0.15, -0.1) is 0 Å². The molecule has 8 aliphatic rings. The van der Waals surface area contributed by atoms with Crippen LogP contribution < -0.4 is 5.32 Å². The SMILES string of the molecule is CN1C(=O)[C@@]2(Cc3cn(C45C[C@]67SSC(CO)(C(=O)N6C4Nc4ccccc45)N(C)C7=O)c4ccccc34)SSC1(CO)C(=O)N2C. The van der Waals surface area contributed by atoms with Gasteiger partial charge in [0.2, 0.25) is 9.74 Å². The maximum absolute atomic E-state index is 14.4. The minimum atomic E-state index is -1.43. The molecule has 6 atom stereocenters. The van der Waals surface area contributed by atoms with E-state index in [4.69, 9.17) is 0 Å². The van der Waals surface area contributed by atoms with Crippen LogP contribution in [-0.4, -0.2) is 118 Å². The van der Waals surface area contributed by atoms with Gasteiger partial charge in [-0.3, -0.25) is 24.1 Å². The number of hydrogen-bond acceptors (Lipinski definition) is 11. The minimum Gasteiger partial charge on any atom is -0.392 e. The van der Waals surface area contributed by atoms with Gasteiger partial charge in [0.25, 0.3) is 23.6 Å². The zero-order valence-corrected chi connectivity index (χ0v) is 28.8. The first kappa shape index (κ1) is 30.1. The monoisotopic (exact) mass is 710 g/mol. The van der Waals surface area contributed by atoms with Gasteiger partial charge in [0.05, 0.1) is 13.2 Å². The van der Waals surface area contributed by atoms with Crippen LogP contribution in [0.2, 0.25) is 0 Å². The average Bonchev–Trinajstić information content (AvgIpc) is 3.71. The number of carbonyl (C=O) groups is 4. The van der Waals surface area contributed by atoms with Gasteiger partial charge in [0.15, 0.2) is 9.74 Å². The van der Waals surface area contributed by atoms with Gasteiger partial charge in [-0.1, -0.05) is 58.0 Å². The molecule has 1 spiro atoms. The second-order valence-corrected chi connectivity index (χ2v) is 18.3. The highest BCUT2D eigenvalue weighted by Gasteiger charge is 2.78. The number of hydrogen-bond donors (Lipinski definition) is 3. The van der Waals surface area contributed by atoms with Gasteiger partial charge in [-0.25, -0.2) is 0 Å². The van der Waals surface area contributed by atoms with Crippen molar-refractivity contribution in [1.29, 1.82) is 0 Å². The first-order valence-corrected chi connectivity index (χ1v) is 19.4. The summed E-state index contributed by atoms with van der Waals surface area (Å²) in [5, 5.41) is 25.2. The Labute approximate surface area is 285 Å². The van der Waals surface area contributed by atoms with Crippen LogP contribution in [0.5, 0.6) is 0 Å². The van der Waals surface area contributed by atoms with Crippen LogP contribution >= 0.6 is 43.2 Å². The van der Waals surface area contributed by atoms with Gasteiger partial charge in [-0.05, 0) is 39.3 Å². The molecule has 0 saturated carbocycles. The number of aromatic nitrogens is 1. The van der Waals surface area contributed by atoms with E-state index in [-0.39, 0.29) is 36.5 Å². The maximum Gasteiger partial charge on any atom is 0.265 e. The van der Waals surface area contributed by atoms with E-state index < -0.39 is 44.4 Å². The van der Waals surface area contributed by atoms with Crippen molar-refractivity contribution in [2.75, 3.05) is 39.7 Å². The molecule has 16 heteroatoms. The number of rotatable bonds is 5. The van der Waals surface area contributed by atoms with Crippen LogP contribution in [0.15, 0.2) is 54.7 Å². The van der Waals surface area contributed by atoms with Crippen LogP contribution in [0.4, 0.5) is 5.69 Å². The van der Waals surface area contributed by atoms with Crippen LogP contribution in [0.25, 0.3) is 10.9 Å². The Bertz CT molecular complexity index is 1980. The van der Waals surface area contributed by atoms with E-state index in [1.54, 1.807) is 26.0 Å². The Morgan fingerprint density at radius 2 is 1.36 bits per heavy atom. The lowest BCUT2D eigenvalue weighted by Crippen LogP contribution is -2.77. The number of nitrogens with zero attached hydrogens (tertiary/aromatic N) is 5. The Balaban J connectivity index is 1.25. The summed E-state index contributed by atoms with van der Waals surface area (Å²) < 4.78 is 2.16. The van der Waals surface area contributed by atoms with Crippen molar-refractivity contribution in [2.24, 2.45) is 0 Å². The van der Waals surface area contributed by atoms with Crippen molar-refractivity contribution in [3.8, 4) is 0 Å². The average molecular weight is 711 g/mol. The van der Waals surface area contributed by atoms with Crippen molar-refractivity contribution in [1.82, 2.24) is 24.2 Å². The Morgan fingerprint density at radius 1 is 0.766 bits per heavy atom. The number of anilines is 1. The number of benzene rings is 2. The highest BCUT2D eigenvalue weighted by Crippen LogP contribution is 2.69. The molecular formula is C31H30N6O6S4. The lowest BCUT2D eigenvalue weighted by Gasteiger charge is -2.58. The van der Waals surface area contributed by atoms with E-state index in [1.807, 2.05) is 54.7 Å². The standard InChI is InChI=1S/C31H30N6O6S4/c1-33-25(42)30(15-38)34(2)23(40)28(33,44-46-30)12-17-13-36(21-11-7-4-8-18(17)21)27-14-29-24(41)35(3)31(16-39,47-45-29)26(43)37(29)22(27)32-20-10-6-5-9-19(20)27/h4-11,13,22,32,38-39H,12,14-16H2,1-3H3/t22?,27?,28-,29-,30?,31?/m1/s1. The highest BCUT2D eigenvalue weighted by molar-refractivity contribution is 8.78. The van der Waals surface area contributed by atoms with E-state index in [0.717, 1.165) is 27.7 Å². The topological polar surface area (TPSA) is 139 Å². The van der Waals surface area contributed by atoms with E-state index in [2.05, 4.69) is 9.88 Å². The van der Waals surface area contributed by atoms with Crippen molar-refractivity contribution in [2.45, 2.75) is 44.0 Å². The number of aliphatic hydroxyl groups excluding tert-OH is 2. The number of nitrogens with one attached hydrogen (secondary N) is 1. The fraction of sp³-hybridized carbons (Fsp3) is 0.419. The number of piperazine rings is 2. The molecule has 47 heavy (non-hydrogen) atoms. The number of para-hydroxylation sites is 2. The quantitative estimate of drug-likeness (QED) is 0.335. The highest BCUT2D eigenvalue weighted by atomic mass is 33.1. The molecule has 11 rings (SSSR count). The molecule has 0 radical (unpaired) electrons. The minimum absolute atomic E-state index is 0.203. The lowest BCUT2D eigenvalue weighted by molar-refractivity contribution is -0.166. The zero-order chi connectivity index (χ0) is 32.9.